The third kappa shape index (κ3) is 29.0. The van der Waals surface area contributed by atoms with Crippen LogP contribution in [0.25, 0.3) is 0 Å². The Morgan fingerprint density at radius 3 is 0.437 bits per heavy atom. The first-order chi connectivity index (χ1) is 38.9. The second kappa shape index (κ2) is 44.2. The molecular formula is C55H123N19O6P6Yb. The molecule has 0 atom stereocenters. The van der Waals surface area contributed by atoms with Crippen LogP contribution in [-0.2, 0) is 27.4 Å². The van der Waals surface area contributed by atoms with Crippen LogP contribution in [0.15, 0.2) is 96.0 Å². The van der Waals surface area contributed by atoms with Gasteiger partial charge in [-0.1, -0.05) is 78.9 Å². The van der Waals surface area contributed by atoms with Gasteiger partial charge in [0, 0.05) is 58.1 Å². The fourth-order valence-electron chi connectivity index (χ4n) is 8.56. The van der Waals surface area contributed by atoms with E-state index in [0.29, 0.717) is 0 Å². The third-order valence-corrected chi connectivity index (χ3v) is 31.2. The monoisotopic (exact) mass is 1510 g/mol. The summed E-state index contributed by atoms with van der Waals surface area (Å²) in [6, 6.07) is 30.6. The molecule has 0 unspecified atom stereocenters. The molecule has 0 aliphatic heterocycles. The predicted molar refractivity (Wildman–Crippen MR) is 377 cm³/mol. The van der Waals surface area contributed by atoms with Crippen LogP contribution in [0.5, 0.6) is 0 Å². The van der Waals surface area contributed by atoms with Crippen LogP contribution in [0.3, 0.4) is 0 Å². The summed E-state index contributed by atoms with van der Waals surface area (Å²) in [5.74, 6) is 0. The molecule has 0 heterocycles. The largest absolute Gasteiger partial charge is 0.285 e. The standard InChI is InChI=1S/C19H15N.6C6H18N3OP.Yb/c1-4-10-16(11-5-1)19(17-12-6-2-7-13-17)20-18-14-8-3-9-15-18;6*1-7(2)11(10,8(3)4)9(5)6;/h1-15H;6*1-6H3;. The van der Waals surface area contributed by atoms with E-state index in [9.17, 15) is 27.4 Å². The maximum Gasteiger partial charge on any atom is 0.285 e. The molecule has 0 aliphatic rings. The van der Waals surface area contributed by atoms with Crippen molar-refractivity contribution in [1.82, 2.24) is 84.1 Å². The van der Waals surface area contributed by atoms with Crippen molar-refractivity contribution in [3.05, 3.63) is 102 Å². The summed E-state index contributed by atoms with van der Waals surface area (Å²) in [4.78, 5) is 4.82. The van der Waals surface area contributed by atoms with Crippen LogP contribution in [0.4, 0.5) is 5.69 Å². The molecule has 0 aromatic heterocycles. The van der Waals surface area contributed by atoms with Crippen molar-refractivity contribution in [2.24, 2.45) is 4.99 Å². The maximum atomic E-state index is 12.1. The Labute approximate surface area is 571 Å². The van der Waals surface area contributed by atoms with Crippen molar-refractivity contribution in [3.8, 4) is 0 Å². The number of hydrogen-bond donors (Lipinski definition) is 0. The molecule has 3 rings (SSSR count). The van der Waals surface area contributed by atoms with E-state index < -0.39 is 45.6 Å². The number of nitrogens with zero attached hydrogens (tertiary/aromatic N) is 19. The smallest absolute Gasteiger partial charge is 0.270 e. The SMILES string of the molecule is CN(C)P(=O)(N(C)C)N(C)C.CN(C)P(=O)(N(C)C)N(C)C.CN(C)P(=O)(N(C)C)N(C)C.CN(C)P(=O)(N(C)C)N(C)C.CN(C)P(=O)(N(C)C)N(C)C.CN(C)P(=O)(N(C)C)N(C)C.[Yb].c1ccc(N=C(c2ccccc2)c2ccccc2)cc1. The first kappa shape index (κ1) is 95.2. The van der Waals surface area contributed by atoms with E-state index in [1.54, 1.807) is 84.1 Å². The molecule has 0 aliphatic carbocycles. The van der Waals surface area contributed by atoms with Crippen LogP contribution in [0.1, 0.15) is 11.1 Å². The van der Waals surface area contributed by atoms with Crippen molar-refractivity contribution < 1.29 is 74.3 Å². The first-order valence-electron chi connectivity index (χ1n) is 27.5. The van der Waals surface area contributed by atoms with Gasteiger partial charge in [-0.25, -0.2) is 89.1 Å². The number of aliphatic imine (C=N–C) groups is 1. The summed E-state index contributed by atoms with van der Waals surface area (Å²) in [5, 5.41) is 0. The molecule has 0 spiro atoms. The minimum absolute atomic E-state index is 0. The molecule has 0 saturated heterocycles. The van der Waals surface area contributed by atoms with Crippen LogP contribution >= 0.6 is 45.6 Å². The second-order valence-electron chi connectivity index (χ2n) is 22.9. The molecule has 0 bridgehead atoms. The molecule has 0 saturated carbocycles. The van der Waals surface area contributed by atoms with Gasteiger partial charge < -0.3 is 0 Å². The number of hydrogen-bond acceptors (Lipinski definition) is 7. The molecule has 518 valence electrons. The zero-order valence-electron chi connectivity index (χ0n) is 60.6. The molecule has 0 N–H and O–H groups in total. The van der Waals surface area contributed by atoms with Gasteiger partial charge in [-0.05, 0) is 266 Å². The summed E-state index contributed by atoms with van der Waals surface area (Å²) in [6.07, 6.45) is 0. The third-order valence-electron chi connectivity index (χ3n) is 12.5. The Morgan fingerprint density at radius 2 is 0.333 bits per heavy atom. The van der Waals surface area contributed by atoms with E-state index >= 15 is 0 Å². The fraction of sp³-hybridized carbons (Fsp3) is 0.655. The van der Waals surface area contributed by atoms with Crippen molar-refractivity contribution in [1.29, 1.82) is 0 Å². The normalized spacial score (nSPS) is 12.6. The second-order valence-corrected chi connectivity index (χ2v) is 43.4. The van der Waals surface area contributed by atoms with E-state index in [2.05, 4.69) is 24.3 Å². The molecule has 3 aromatic carbocycles. The Morgan fingerprint density at radius 1 is 0.218 bits per heavy atom. The fourth-order valence-corrected chi connectivity index (χ4v) is 21.4. The minimum Gasteiger partial charge on any atom is -0.270 e. The van der Waals surface area contributed by atoms with Gasteiger partial charge in [-0.3, -0.25) is 27.4 Å². The van der Waals surface area contributed by atoms with Gasteiger partial charge in [0.2, 0.25) is 0 Å². The summed E-state index contributed by atoms with van der Waals surface area (Å²) in [6.45, 7) is 0. The summed E-state index contributed by atoms with van der Waals surface area (Å²) < 4.78 is 104. The van der Waals surface area contributed by atoms with E-state index in [-0.39, 0.29) is 46.9 Å². The van der Waals surface area contributed by atoms with Gasteiger partial charge in [0.1, 0.15) is 0 Å². The van der Waals surface area contributed by atoms with Crippen molar-refractivity contribution >= 4 is 57.0 Å². The number of para-hydroxylation sites is 1. The average Bonchev–Trinajstić information content (AvgIpc) is 3.41. The molecule has 25 nitrogen and oxygen atoms in total. The van der Waals surface area contributed by atoms with Gasteiger partial charge >= 0.3 is 0 Å². The predicted octanol–water partition coefficient (Wildman–Crippen LogP) is 9.53. The summed E-state index contributed by atoms with van der Waals surface area (Å²) in [7, 11) is 50.9. The zero-order chi connectivity index (χ0) is 69.0. The van der Waals surface area contributed by atoms with Crippen molar-refractivity contribution in [2.75, 3.05) is 254 Å². The topological polar surface area (TPSA) is 173 Å². The Kier molecular flexibility index (Phi) is 48.4. The van der Waals surface area contributed by atoms with Gasteiger partial charge in [-0.15, -0.1) is 0 Å². The summed E-state index contributed by atoms with van der Waals surface area (Å²) >= 11 is 0. The van der Waals surface area contributed by atoms with Gasteiger partial charge in [-0.2, -0.15) is 0 Å². The van der Waals surface area contributed by atoms with Gasteiger partial charge in [0.15, 0.2) is 0 Å². The van der Waals surface area contributed by atoms with Crippen LogP contribution in [-0.4, -0.2) is 343 Å². The summed E-state index contributed by atoms with van der Waals surface area (Å²) in [5.41, 5.74) is 4.22. The number of benzene rings is 3. The molecule has 32 heteroatoms. The Bertz CT molecular complexity index is 2130. The molecular weight excluding hydrogens is 1380 g/mol. The van der Waals surface area contributed by atoms with E-state index in [1.807, 2.05) is 320 Å². The Balaban J connectivity index is -0.000000306. The molecule has 87 heavy (non-hydrogen) atoms. The average molecular weight is 1510 g/mol. The van der Waals surface area contributed by atoms with Crippen LogP contribution < -0.4 is 0 Å². The first-order valence-corrected chi connectivity index (χ1v) is 36.9. The van der Waals surface area contributed by atoms with Crippen molar-refractivity contribution in [3.63, 3.8) is 0 Å². The van der Waals surface area contributed by atoms with E-state index in [4.69, 9.17) is 4.99 Å². The van der Waals surface area contributed by atoms with Gasteiger partial charge in [0.05, 0.1) is 11.4 Å². The van der Waals surface area contributed by atoms with Crippen LogP contribution in [0.2, 0.25) is 0 Å². The quantitative estimate of drug-likeness (QED) is 0.0728. The van der Waals surface area contributed by atoms with E-state index in [1.165, 1.54) is 0 Å². The molecule has 0 fully saturated rings. The maximum absolute atomic E-state index is 12.1. The molecule has 0 radical (unpaired) electrons. The Hall–Kier alpha value is -0.491. The minimum atomic E-state index is -2.44. The van der Waals surface area contributed by atoms with E-state index in [0.717, 1.165) is 22.5 Å². The van der Waals surface area contributed by atoms with Crippen molar-refractivity contribution in [2.45, 2.75) is 0 Å². The zero-order valence-corrected chi connectivity index (χ0v) is 67.6. The molecule has 3 aromatic rings. The molecule has 0 amide bonds. The number of rotatable bonds is 21. The van der Waals surface area contributed by atoms with Crippen LogP contribution in [0, 0.1) is 46.9 Å². The van der Waals surface area contributed by atoms with Gasteiger partial charge in [0.25, 0.3) is 45.6 Å².